The lowest BCUT2D eigenvalue weighted by molar-refractivity contribution is 0.0756. The predicted octanol–water partition coefficient (Wildman–Crippen LogP) is 2.62. The summed E-state index contributed by atoms with van der Waals surface area (Å²) in [6.45, 7) is 2.13. The molecule has 0 spiro atoms. The van der Waals surface area contributed by atoms with E-state index in [9.17, 15) is 4.79 Å². The maximum absolute atomic E-state index is 13.2. The number of carbonyl (C=O) groups excluding carboxylic acids is 1. The minimum Gasteiger partial charge on any atom is -0.336 e. The molecule has 0 atom stereocenters. The lowest BCUT2D eigenvalue weighted by Gasteiger charge is -2.24. The molecular weight excluding hydrogens is 328 g/mol. The van der Waals surface area contributed by atoms with Crippen LogP contribution in [0.1, 0.15) is 84.5 Å². The van der Waals surface area contributed by atoms with E-state index in [4.69, 9.17) is 4.98 Å². The number of nitrogens with one attached hydrogen (secondary N) is 1. The lowest BCUT2D eigenvalue weighted by atomic mass is 9.85. The van der Waals surface area contributed by atoms with Gasteiger partial charge in [0.05, 0.1) is 24.0 Å². The van der Waals surface area contributed by atoms with Crippen molar-refractivity contribution in [3.05, 3.63) is 29.1 Å². The van der Waals surface area contributed by atoms with Crippen LogP contribution in [0.15, 0.2) is 6.20 Å². The van der Waals surface area contributed by atoms with E-state index >= 15 is 0 Å². The van der Waals surface area contributed by atoms with Crippen LogP contribution in [0.25, 0.3) is 0 Å². The fourth-order valence-corrected chi connectivity index (χ4v) is 4.38. The van der Waals surface area contributed by atoms with Crippen LogP contribution in [0.2, 0.25) is 0 Å². The van der Waals surface area contributed by atoms with Crippen LogP contribution < -0.4 is 0 Å². The number of rotatable bonds is 3. The van der Waals surface area contributed by atoms with Crippen molar-refractivity contribution in [2.45, 2.75) is 69.7 Å². The van der Waals surface area contributed by atoms with Crippen molar-refractivity contribution in [3.63, 3.8) is 0 Å². The second-order valence-electron chi connectivity index (χ2n) is 7.96. The fraction of sp³-hybridized carbons (Fsp3) is 0.684. The molecule has 138 valence electrons. The van der Waals surface area contributed by atoms with E-state index in [0.29, 0.717) is 24.9 Å². The van der Waals surface area contributed by atoms with Crippen LogP contribution in [0, 0.1) is 0 Å². The summed E-state index contributed by atoms with van der Waals surface area (Å²) in [5.74, 6) is 3.18. The van der Waals surface area contributed by atoms with Gasteiger partial charge >= 0.3 is 0 Å². The van der Waals surface area contributed by atoms with Crippen molar-refractivity contribution in [2.75, 3.05) is 13.1 Å². The standard InChI is InChI=1S/C19H26N6O/c26-19(15-12-20-22-17(15)13-4-2-1-3-5-13)24-9-8-16-21-18(14-6-7-14)23-25(16)11-10-24/h12-14H,1-11H2,(H,20,22). The van der Waals surface area contributed by atoms with Gasteiger partial charge in [0.25, 0.3) is 5.91 Å². The van der Waals surface area contributed by atoms with E-state index in [1.54, 1.807) is 6.20 Å². The van der Waals surface area contributed by atoms with Gasteiger partial charge in [-0.3, -0.25) is 9.89 Å². The normalized spacial score (nSPS) is 21.5. The third-order valence-corrected chi connectivity index (χ3v) is 6.09. The first kappa shape index (κ1) is 16.0. The molecule has 0 unspecified atom stereocenters. The largest absolute Gasteiger partial charge is 0.336 e. The number of hydrogen-bond donors (Lipinski definition) is 1. The molecule has 0 radical (unpaired) electrons. The van der Waals surface area contributed by atoms with Crippen molar-refractivity contribution in [1.29, 1.82) is 0 Å². The summed E-state index contributed by atoms with van der Waals surface area (Å²) in [7, 11) is 0. The summed E-state index contributed by atoms with van der Waals surface area (Å²) in [4.78, 5) is 19.8. The molecule has 7 nitrogen and oxygen atoms in total. The molecule has 2 aliphatic carbocycles. The minimum absolute atomic E-state index is 0.104. The second-order valence-corrected chi connectivity index (χ2v) is 7.96. The predicted molar refractivity (Wildman–Crippen MR) is 96.0 cm³/mol. The second kappa shape index (κ2) is 6.52. The molecule has 0 saturated heterocycles. The average molecular weight is 354 g/mol. The highest BCUT2D eigenvalue weighted by Crippen LogP contribution is 2.38. The average Bonchev–Trinajstić information content (AvgIpc) is 3.33. The third kappa shape index (κ3) is 2.93. The van der Waals surface area contributed by atoms with Crippen molar-refractivity contribution in [2.24, 2.45) is 0 Å². The fourth-order valence-electron chi connectivity index (χ4n) is 4.38. The topological polar surface area (TPSA) is 79.7 Å². The van der Waals surface area contributed by atoms with E-state index in [2.05, 4.69) is 15.3 Å². The molecule has 3 aliphatic rings. The molecule has 0 aromatic carbocycles. The highest BCUT2D eigenvalue weighted by molar-refractivity contribution is 5.95. The van der Waals surface area contributed by atoms with Crippen LogP contribution in [0.3, 0.4) is 0 Å². The maximum Gasteiger partial charge on any atom is 0.257 e. The Morgan fingerprint density at radius 2 is 1.88 bits per heavy atom. The smallest absolute Gasteiger partial charge is 0.257 e. The van der Waals surface area contributed by atoms with Gasteiger partial charge in [0.1, 0.15) is 5.82 Å². The molecule has 2 aromatic rings. The third-order valence-electron chi connectivity index (χ3n) is 6.09. The van der Waals surface area contributed by atoms with Gasteiger partial charge in [-0.25, -0.2) is 9.67 Å². The Kier molecular flexibility index (Phi) is 4.02. The SMILES string of the molecule is O=C(c1cn[nH]c1C1CCCCC1)N1CCc2nc(C3CC3)nn2CC1. The van der Waals surface area contributed by atoms with Crippen LogP contribution in [-0.2, 0) is 13.0 Å². The first-order valence-electron chi connectivity index (χ1n) is 10.1. The van der Waals surface area contributed by atoms with E-state index in [1.807, 2.05) is 9.58 Å². The van der Waals surface area contributed by atoms with E-state index in [0.717, 1.165) is 48.7 Å². The Morgan fingerprint density at radius 1 is 1.04 bits per heavy atom. The number of H-pyrrole nitrogens is 1. The molecule has 1 aliphatic heterocycles. The Hall–Kier alpha value is -2.18. The number of aromatic amines is 1. The quantitative estimate of drug-likeness (QED) is 0.919. The summed E-state index contributed by atoms with van der Waals surface area (Å²) in [6.07, 6.45) is 11.1. The van der Waals surface area contributed by atoms with Crippen molar-refractivity contribution >= 4 is 5.91 Å². The van der Waals surface area contributed by atoms with Crippen LogP contribution in [-0.4, -0.2) is 48.9 Å². The zero-order valence-electron chi connectivity index (χ0n) is 15.2. The molecular formula is C19H26N6O. The van der Waals surface area contributed by atoms with Crippen LogP contribution in [0.5, 0.6) is 0 Å². The van der Waals surface area contributed by atoms with Gasteiger partial charge in [-0.2, -0.15) is 10.2 Å². The number of amides is 1. The highest BCUT2D eigenvalue weighted by Gasteiger charge is 2.31. The summed E-state index contributed by atoms with van der Waals surface area (Å²) in [5.41, 5.74) is 1.81. The molecule has 2 fully saturated rings. The summed E-state index contributed by atoms with van der Waals surface area (Å²) in [5, 5.41) is 12.0. The Balaban J connectivity index is 1.30. The van der Waals surface area contributed by atoms with Gasteiger partial charge in [0.2, 0.25) is 0 Å². The molecule has 0 bridgehead atoms. The number of carbonyl (C=O) groups is 1. The molecule has 26 heavy (non-hydrogen) atoms. The van der Waals surface area contributed by atoms with Gasteiger partial charge in [-0.05, 0) is 25.7 Å². The Labute approximate surface area is 153 Å². The molecule has 2 saturated carbocycles. The van der Waals surface area contributed by atoms with Gasteiger partial charge in [-0.15, -0.1) is 0 Å². The highest BCUT2D eigenvalue weighted by atomic mass is 16.2. The molecule has 1 N–H and O–H groups in total. The Bertz CT molecular complexity index is 773. The molecule has 5 rings (SSSR count). The van der Waals surface area contributed by atoms with Crippen molar-refractivity contribution in [3.8, 4) is 0 Å². The first-order valence-corrected chi connectivity index (χ1v) is 10.1. The summed E-state index contributed by atoms with van der Waals surface area (Å²) >= 11 is 0. The van der Waals surface area contributed by atoms with E-state index < -0.39 is 0 Å². The van der Waals surface area contributed by atoms with Crippen LogP contribution in [0.4, 0.5) is 0 Å². The minimum atomic E-state index is 0.104. The number of nitrogens with zero attached hydrogens (tertiary/aromatic N) is 5. The maximum atomic E-state index is 13.2. The number of aromatic nitrogens is 5. The van der Waals surface area contributed by atoms with Gasteiger partial charge in [0, 0.05) is 31.3 Å². The van der Waals surface area contributed by atoms with Crippen molar-refractivity contribution in [1.82, 2.24) is 29.9 Å². The monoisotopic (exact) mass is 354 g/mol. The number of hydrogen-bond acceptors (Lipinski definition) is 4. The van der Waals surface area contributed by atoms with Gasteiger partial charge in [0.15, 0.2) is 5.82 Å². The zero-order valence-corrected chi connectivity index (χ0v) is 15.2. The lowest BCUT2D eigenvalue weighted by Crippen LogP contribution is -2.34. The van der Waals surface area contributed by atoms with Gasteiger partial charge in [-0.1, -0.05) is 19.3 Å². The molecule has 7 heteroatoms. The summed E-state index contributed by atoms with van der Waals surface area (Å²) in [6, 6.07) is 0. The molecule has 3 heterocycles. The summed E-state index contributed by atoms with van der Waals surface area (Å²) < 4.78 is 2.01. The van der Waals surface area contributed by atoms with Crippen molar-refractivity contribution < 1.29 is 4.79 Å². The van der Waals surface area contributed by atoms with Gasteiger partial charge < -0.3 is 4.90 Å². The molecule has 2 aromatic heterocycles. The molecule has 1 amide bonds. The Morgan fingerprint density at radius 3 is 2.69 bits per heavy atom. The first-order chi connectivity index (χ1) is 12.8. The van der Waals surface area contributed by atoms with E-state index in [1.165, 1.54) is 32.1 Å². The van der Waals surface area contributed by atoms with Crippen LogP contribution >= 0.6 is 0 Å². The number of fused-ring (bicyclic) bond motifs is 1. The van der Waals surface area contributed by atoms with E-state index in [-0.39, 0.29) is 5.91 Å². The zero-order chi connectivity index (χ0) is 17.5.